The summed E-state index contributed by atoms with van der Waals surface area (Å²) in [6, 6.07) is 17.1. The lowest BCUT2D eigenvalue weighted by Crippen LogP contribution is -2.38. The summed E-state index contributed by atoms with van der Waals surface area (Å²) in [5.74, 6) is 3.18. The first-order valence-corrected chi connectivity index (χ1v) is 10.8. The van der Waals surface area contributed by atoms with Crippen LogP contribution in [0.5, 0.6) is 23.0 Å². The minimum absolute atomic E-state index is 0.641. The number of hydrogen-bond donors (Lipinski definition) is 0. The van der Waals surface area contributed by atoms with Crippen LogP contribution in [0, 0.1) is 6.92 Å². The largest absolute Gasteiger partial charge is 0.486 e. The number of nitrogens with zero attached hydrogens (tertiary/aromatic N) is 2. The SMILES string of the molecule is Cc1ccccc1C1=c2ccc3c(c2Oc2c1ccc1c2OCCN1C)OCC[N+]=3C. The van der Waals surface area contributed by atoms with Crippen molar-refractivity contribution in [1.82, 2.24) is 4.58 Å². The Kier molecular flexibility index (Phi) is 4.00. The van der Waals surface area contributed by atoms with Crippen LogP contribution in [0.3, 0.4) is 0 Å². The first-order chi connectivity index (χ1) is 15.1. The standard InChI is InChI=1S/C26H25N2O3/c1-16-6-4-5-7-17(16)22-18-8-10-20-25(29-14-12-27(20)2)23(18)31-24-19(22)9-11-21-26(24)30-15-13-28(21)3/h4-11H,12-15H2,1-3H3/q+1. The number of fused-ring (bicyclic) bond motifs is 6. The molecule has 0 amide bonds. The van der Waals surface area contributed by atoms with Gasteiger partial charge in [-0.1, -0.05) is 24.3 Å². The van der Waals surface area contributed by atoms with Crippen LogP contribution in [0.15, 0.2) is 48.5 Å². The van der Waals surface area contributed by atoms with Crippen molar-refractivity contribution in [3.05, 3.63) is 75.8 Å². The first-order valence-electron chi connectivity index (χ1n) is 10.8. The molecule has 0 radical (unpaired) electrons. The molecule has 0 aromatic heterocycles. The molecular weight excluding hydrogens is 388 g/mol. The predicted molar refractivity (Wildman–Crippen MR) is 121 cm³/mol. The van der Waals surface area contributed by atoms with Crippen molar-refractivity contribution in [1.29, 1.82) is 0 Å². The molecule has 5 nitrogen and oxygen atoms in total. The minimum atomic E-state index is 0.641. The molecule has 156 valence electrons. The van der Waals surface area contributed by atoms with Crippen LogP contribution in [0.4, 0.5) is 5.69 Å². The Hall–Kier alpha value is -3.47. The molecule has 3 aromatic carbocycles. The molecule has 0 bridgehead atoms. The van der Waals surface area contributed by atoms with E-state index in [4.69, 9.17) is 14.2 Å². The van der Waals surface area contributed by atoms with Gasteiger partial charge in [-0.3, -0.25) is 0 Å². The summed E-state index contributed by atoms with van der Waals surface area (Å²) in [7, 11) is 4.19. The Balaban J connectivity index is 1.75. The van der Waals surface area contributed by atoms with Crippen molar-refractivity contribution in [3.63, 3.8) is 0 Å². The Bertz CT molecular complexity index is 1360. The zero-order chi connectivity index (χ0) is 21.1. The number of anilines is 1. The van der Waals surface area contributed by atoms with Crippen LogP contribution in [0.25, 0.3) is 5.57 Å². The van der Waals surface area contributed by atoms with Gasteiger partial charge in [0.05, 0.1) is 12.2 Å². The van der Waals surface area contributed by atoms with Crippen LogP contribution < -0.4 is 34.3 Å². The van der Waals surface area contributed by atoms with Crippen molar-refractivity contribution in [3.8, 4) is 23.0 Å². The normalized spacial score (nSPS) is 16.3. The van der Waals surface area contributed by atoms with E-state index >= 15 is 0 Å². The van der Waals surface area contributed by atoms with E-state index in [1.807, 2.05) is 0 Å². The summed E-state index contributed by atoms with van der Waals surface area (Å²) in [5, 5.41) is 2.11. The van der Waals surface area contributed by atoms with Gasteiger partial charge < -0.3 is 19.1 Å². The molecule has 31 heavy (non-hydrogen) atoms. The average molecular weight is 413 g/mol. The van der Waals surface area contributed by atoms with Crippen molar-refractivity contribution < 1.29 is 14.2 Å². The lowest BCUT2D eigenvalue weighted by molar-refractivity contribution is 0.261. The van der Waals surface area contributed by atoms with Gasteiger partial charge >= 0.3 is 0 Å². The Morgan fingerprint density at radius 1 is 0.839 bits per heavy atom. The van der Waals surface area contributed by atoms with Gasteiger partial charge in [0.25, 0.3) is 0 Å². The second-order valence-corrected chi connectivity index (χ2v) is 8.41. The Morgan fingerprint density at radius 2 is 1.68 bits per heavy atom. The number of ether oxygens (including phenoxy) is 3. The van der Waals surface area contributed by atoms with E-state index < -0.39 is 0 Å². The lowest BCUT2D eigenvalue weighted by Gasteiger charge is -2.32. The monoisotopic (exact) mass is 413 g/mol. The molecule has 0 aliphatic carbocycles. The van der Waals surface area contributed by atoms with Gasteiger partial charge in [0.15, 0.2) is 23.8 Å². The maximum Gasteiger partial charge on any atom is 0.246 e. The highest BCUT2D eigenvalue weighted by Gasteiger charge is 2.32. The fourth-order valence-electron chi connectivity index (χ4n) is 4.78. The van der Waals surface area contributed by atoms with Crippen molar-refractivity contribution in [2.24, 2.45) is 0 Å². The molecule has 0 saturated carbocycles. The van der Waals surface area contributed by atoms with E-state index in [0.717, 1.165) is 63.5 Å². The number of aryl methyl sites for hydroxylation is 1. The van der Waals surface area contributed by atoms with Crippen LogP contribution in [-0.2, 0) is 0 Å². The van der Waals surface area contributed by atoms with Gasteiger partial charge in [0.1, 0.15) is 20.3 Å². The minimum Gasteiger partial charge on any atom is -0.486 e. The second kappa shape index (κ2) is 6.77. The van der Waals surface area contributed by atoms with E-state index in [1.54, 1.807) is 0 Å². The third-order valence-electron chi connectivity index (χ3n) is 6.51. The summed E-state index contributed by atoms with van der Waals surface area (Å²) >= 11 is 0. The van der Waals surface area contributed by atoms with Gasteiger partial charge in [-0.25, -0.2) is 4.58 Å². The molecule has 0 unspecified atom stereocenters. The number of rotatable bonds is 1. The number of benzene rings is 3. The topological polar surface area (TPSA) is 33.9 Å². The second-order valence-electron chi connectivity index (χ2n) is 8.41. The van der Waals surface area contributed by atoms with E-state index in [9.17, 15) is 0 Å². The van der Waals surface area contributed by atoms with Gasteiger partial charge in [-0.2, -0.15) is 0 Å². The average Bonchev–Trinajstić information content (AvgIpc) is 2.78. The van der Waals surface area contributed by atoms with Crippen LogP contribution >= 0.6 is 0 Å². The molecule has 3 aliphatic heterocycles. The van der Waals surface area contributed by atoms with Crippen LogP contribution in [-0.4, -0.2) is 40.4 Å². The lowest BCUT2D eigenvalue weighted by atomic mass is 9.89. The molecule has 6 rings (SSSR count). The maximum atomic E-state index is 6.64. The molecule has 5 heteroatoms. The van der Waals surface area contributed by atoms with Gasteiger partial charge in [0.2, 0.25) is 11.1 Å². The van der Waals surface area contributed by atoms with Gasteiger partial charge in [-0.15, -0.1) is 0 Å². The summed E-state index contributed by atoms with van der Waals surface area (Å²) in [5.41, 5.74) is 5.69. The number of hydrogen-bond acceptors (Lipinski definition) is 4. The van der Waals surface area contributed by atoms with Crippen molar-refractivity contribution >= 4 is 11.3 Å². The Labute approximate surface area is 181 Å². The third kappa shape index (κ3) is 2.66. The summed E-state index contributed by atoms with van der Waals surface area (Å²) in [6.07, 6.45) is 0. The molecule has 0 fully saturated rings. The van der Waals surface area contributed by atoms with Crippen molar-refractivity contribution in [2.75, 3.05) is 45.3 Å². The van der Waals surface area contributed by atoms with E-state index in [-0.39, 0.29) is 0 Å². The highest BCUT2D eigenvalue weighted by atomic mass is 16.5. The maximum absolute atomic E-state index is 6.64. The Morgan fingerprint density at radius 3 is 2.55 bits per heavy atom. The molecule has 0 atom stereocenters. The molecule has 0 spiro atoms. The zero-order valence-corrected chi connectivity index (χ0v) is 18.1. The van der Waals surface area contributed by atoms with Crippen LogP contribution in [0.2, 0.25) is 0 Å². The summed E-state index contributed by atoms with van der Waals surface area (Å²) in [4.78, 5) is 2.22. The number of likely N-dealkylation sites (N-methyl/N-ethyl adjacent to an activating group) is 2. The van der Waals surface area contributed by atoms with Gasteiger partial charge in [0, 0.05) is 29.5 Å². The predicted octanol–water partition coefficient (Wildman–Crippen LogP) is 2.69. The summed E-state index contributed by atoms with van der Waals surface area (Å²) < 4.78 is 21.2. The van der Waals surface area contributed by atoms with Gasteiger partial charge in [-0.05, 0) is 36.2 Å². The quantitative estimate of drug-likeness (QED) is 0.450. The molecule has 0 N–H and O–H groups in total. The van der Waals surface area contributed by atoms with E-state index in [0.29, 0.717) is 13.2 Å². The molecule has 3 aliphatic rings. The molecule has 3 heterocycles. The molecule has 0 saturated heterocycles. The molecular formula is C26H25N2O3+. The highest BCUT2D eigenvalue weighted by Crippen LogP contribution is 2.49. The fourth-order valence-corrected chi connectivity index (χ4v) is 4.78. The van der Waals surface area contributed by atoms with E-state index in [1.165, 1.54) is 11.1 Å². The third-order valence-corrected chi connectivity index (χ3v) is 6.51. The first kappa shape index (κ1) is 18.3. The van der Waals surface area contributed by atoms with E-state index in [2.05, 4.69) is 79.0 Å². The zero-order valence-electron chi connectivity index (χ0n) is 18.1. The summed E-state index contributed by atoms with van der Waals surface area (Å²) in [6.45, 7) is 5.16. The van der Waals surface area contributed by atoms with Crippen molar-refractivity contribution in [2.45, 2.75) is 6.92 Å². The molecule has 3 aromatic rings. The fraction of sp³-hybridized carbons (Fsp3) is 0.269. The van der Waals surface area contributed by atoms with Crippen LogP contribution in [0.1, 0.15) is 16.7 Å². The smallest absolute Gasteiger partial charge is 0.246 e. The highest BCUT2D eigenvalue weighted by molar-refractivity contribution is 5.90.